The van der Waals surface area contributed by atoms with Crippen LogP contribution in [0.25, 0.3) is 0 Å². The van der Waals surface area contributed by atoms with Crippen LogP contribution in [-0.2, 0) is 0 Å². The van der Waals surface area contributed by atoms with Gasteiger partial charge in [-0.1, -0.05) is 143 Å². The number of rotatable bonds is 19. The van der Waals surface area contributed by atoms with E-state index < -0.39 is 0 Å². The van der Waals surface area contributed by atoms with Crippen LogP contribution in [0.15, 0.2) is 0 Å². The SMILES string of the molecule is CCCCCCCCC(CCCCCCC)CCC(CC)CCC. The first-order valence-electron chi connectivity index (χ1n) is 11.8. The Morgan fingerprint density at radius 3 is 1.29 bits per heavy atom. The maximum absolute atomic E-state index is 2.40. The standard InChI is InChI=1S/C24H50/c1-5-9-11-13-15-17-20-24(19-16-14-12-10-6-2)22-21-23(8-4)18-7-3/h23-24H,5-22H2,1-4H3. The third kappa shape index (κ3) is 15.5. The average Bonchev–Trinajstić information content (AvgIpc) is 2.60. The van der Waals surface area contributed by atoms with Gasteiger partial charge in [-0.25, -0.2) is 0 Å². The molecule has 0 aliphatic rings. The maximum Gasteiger partial charge on any atom is -0.0414 e. The summed E-state index contributed by atoms with van der Waals surface area (Å²) in [4.78, 5) is 0. The van der Waals surface area contributed by atoms with E-state index in [1.165, 1.54) is 116 Å². The average molecular weight is 339 g/mol. The van der Waals surface area contributed by atoms with Crippen LogP contribution < -0.4 is 0 Å². The Kier molecular flexibility index (Phi) is 19.3. The summed E-state index contributed by atoms with van der Waals surface area (Å²) < 4.78 is 0. The molecule has 0 aromatic rings. The first-order valence-corrected chi connectivity index (χ1v) is 11.8. The fraction of sp³-hybridized carbons (Fsp3) is 1.00. The topological polar surface area (TPSA) is 0 Å². The van der Waals surface area contributed by atoms with E-state index in [0.29, 0.717) is 0 Å². The molecular weight excluding hydrogens is 288 g/mol. The Hall–Kier alpha value is 0. The van der Waals surface area contributed by atoms with Crippen LogP contribution in [0, 0.1) is 11.8 Å². The quantitative estimate of drug-likeness (QED) is 0.206. The first kappa shape index (κ1) is 24.0. The van der Waals surface area contributed by atoms with Crippen molar-refractivity contribution < 1.29 is 0 Å². The van der Waals surface area contributed by atoms with Gasteiger partial charge in [0.25, 0.3) is 0 Å². The van der Waals surface area contributed by atoms with Gasteiger partial charge in [-0.15, -0.1) is 0 Å². The van der Waals surface area contributed by atoms with E-state index in [4.69, 9.17) is 0 Å². The lowest BCUT2D eigenvalue weighted by Gasteiger charge is -2.20. The molecule has 0 nitrogen and oxygen atoms in total. The largest absolute Gasteiger partial charge is 0.0654 e. The van der Waals surface area contributed by atoms with Gasteiger partial charge in [0.2, 0.25) is 0 Å². The van der Waals surface area contributed by atoms with Gasteiger partial charge >= 0.3 is 0 Å². The summed E-state index contributed by atoms with van der Waals surface area (Å²) in [5.41, 5.74) is 0. The van der Waals surface area contributed by atoms with Crippen LogP contribution in [0.3, 0.4) is 0 Å². The summed E-state index contributed by atoms with van der Waals surface area (Å²) >= 11 is 0. The van der Waals surface area contributed by atoms with Gasteiger partial charge in [-0.05, 0) is 11.8 Å². The second-order valence-corrected chi connectivity index (χ2v) is 8.27. The molecular formula is C24H50. The Balaban J connectivity index is 3.98. The van der Waals surface area contributed by atoms with Crippen LogP contribution in [0.2, 0.25) is 0 Å². The van der Waals surface area contributed by atoms with Crippen LogP contribution in [0.1, 0.15) is 143 Å². The van der Waals surface area contributed by atoms with Crippen LogP contribution >= 0.6 is 0 Å². The van der Waals surface area contributed by atoms with Crippen molar-refractivity contribution in [2.24, 2.45) is 11.8 Å². The molecule has 0 saturated carbocycles. The lowest BCUT2D eigenvalue weighted by molar-refractivity contribution is 0.324. The number of hydrogen-bond donors (Lipinski definition) is 0. The molecule has 0 amide bonds. The molecule has 0 bridgehead atoms. The zero-order valence-corrected chi connectivity index (χ0v) is 17.9. The van der Waals surface area contributed by atoms with Gasteiger partial charge < -0.3 is 0 Å². The van der Waals surface area contributed by atoms with Crippen molar-refractivity contribution in [2.75, 3.05) is 0 Å². The predicted octanol–water partition coefficient (Wildman–Crippen LogP) is 9.32. The smallest absolute Gasteiger partial charge is 0.0414 e. The molecule has 0 aliphatic carbocycles. The fourth-order valence-corrected chi connectivity index (χ4v) is 4.12. The zero-order chi connectivity index (χ0) is 17.9. The van der Waals surface area contributed by atoms with Gasteiger partial charge in [-0.3, -0.25) is 0 Å². The molecule has 0 heterocycles. The minimum absolute atomic E-state index is 1.00. The third-order valence-electron chi connectivity index (χ3n) is 5.94. The van der Waals surface area contributed by atoms with Gasteiger partial charge in [-0.2, -0.15) is 0 Å². The van der Waals surface area contributed by atoms with Gasteiger partial charge in [0.1, 0.15) is 0 Å². The lowest BCUT2D eigenvalue weighted by Crippen LogP contribution is -2.06. The second-order valence-electron chi connectivity index (χ2n) is 8.27. The third-order valence-corrected chi connectivity index (χ3v) is 5.94. The van der Waals surface area contributed by atoms with E-state index in [2.05, 4.69) is 27.7 Å². The summed E-state index contributed by atoms with van der Waals surface area (Å²) in [5, 5.41) is 0. The van der Waals surface area contributed by atoms with Crippen molar-refractivity contribution in [3.8, 4) is 0 Å². The van der Waals surface area contributed by atoms with Gasteiger partial charge in [0.15, 0.2) is 0 Å². The van der Waals surface area contributed by atoms with Crippen LogP contribution in [0.4, 0.5) is 0 Å². The normalized spacial score (nSPS) is 14.0. The minimum Gasteiger partial charge on any atom is -0.0654 e. The van der Waals surface area contributed by atoms with Crippen molar-refractivity contribution >= 4 is 0 Å². The van der Waals surface area contributed by atoms with E-state index >= 15 is 0 Å². The summed E-state index contributed by atoms with van der Waals surface area (Å²) in [6.07, 6.45) is 26.3. The van der Waals surface area contributed by atoms with E-state index in [0.717, 1.165) is 11.8 Å². The Bertz CT molecular complexity index is 220. The van der Waals surface area contributed by atoms with E-state index in [1.807, 2.05) is 0 Å². The second kappa shape index (κ2) is 19.3. The van der Waals surface area contributed by atoms with E-state index in [-0.39, 0.29) is 0 Å². The highest BCUT2D eigenvalue weighted by molar-refractivity contribution is 4.65. The molecule has 0 N–H and O–H groups in total. The molecule has 146 valence electrons. The summed E-state index contributed by atoms with van der Waals surface area (Å²) in [6, 6.07) is 0. The number of hydrogen-bond acceptors (Lipinski definition) is 0. The lowest BCUT2D eigenvalue weighted by atomic mass is 9.85. The molecule has 0 aromatic carbocycles. The summed E-state index contributed by atoms with van der Waals surface area (Å²) in [5.74, 6) is 2.03. The summed E-state index contributed by atoms with van der Waals surface area (Å²) in [6.45, 7) is 9.38. The number of unbranched alkanes of at least 4 members (excludes halogenated alkanes) is 9. The Morgan fingerprint density at radius 2 is 0.833 bits per heavy atom. The van der Waals surface area contributed by atoms with Crippen molar-refractivity contribution in [1.82, 2.24) is 0 Å². The molecule has 0 rings (SSSR count). The van der Waals surface area contributed by atoms with E-state index in [1.54, 1.807) is 0 Å². The van der Waals surface area contributed by atoms with Crippen LogP contribution in [-0.4, -0.2) is 0 Å². The molecule has 0 aliphatic heterocycles. The highest BCUT2D eigenvalue weighted by Gasteiger charge is 2.12. The first-order chi connectivity index (χ1) is 11.8. The van der Waals surface area contributed by atoms with Gasteiger partial charge in [0.05, 0.1) is 0 Å². The van der Waals surface area contributed by atoms with Gasteiger partial charge in [0, 0.05) is 0 Å². The van der Waals surface area contributed by atoms with Crippen molar-refractivity contribution in [3.05, 3.63) is 0 Å². The predicted molar refractivity (Wildman–Crippen MR) is 113 cm³/mol. The zero-order valence-electron chi connectivity index (χ0n) is 17.9. The molecule has 0 radical (unpaired) electrons. The summed E-state index contributed by atoms with van der Waals surface area (Å²) in [7, 11) is 0. The molecule has 0 saturated heterocycles. The Morgan fingerprint density at radius 1 is 0.375 bits per heavy atom. The molecule has 0 spiro atoms. The van der Waals surface area contributed by atoms with Crippen LogP contribution in [0.5, 0.6) is 0 Å². The molecule has 2 atom stereocenters. The van der Waals surface area contributed by atoms with Crippen molar-refractivity contribution in [3.63, 3.8) is 0 Å². The minimum atomic E-state index is 1.00. The van der Waals surface area contributed by atoms with E-state index in [9.17, 15) is 0 Å². The Labute approximate surface area is 155 Å². The molecule has 0 heteroatoms. The van der Waals surface area contributed by atoms with Crippen molar-refractivity contribution in [2.45, 2.75) is 143 Å². The highest BCUT2D eigenvalue weighted by atomic mass is 14.2. The molecule has 2 unspecified atom stereocenters. The highest BCUT2D eigenvalue weighted by Crippen LogP contribution is 2.27. The molecule has 0 fully saturated rings. The maximum atomic E-state index is 2.40. The fourth-order valence-electron chi connectivity index (χ4n) is 4.12. The monoisotopic (exact) mass is 338 g/mol. The molecule has 0 aromatic heterocycles. The van der Waals surface area contributed by atoms with Crippen molar-refractivity contribution in [1.29, 1.82) is 0 Å². The molecule has 24 heavy (non-hydrogen) atoms.